The highest BCUT2D eigenvalue weighted by molar-refractivity contribution is 7.71. The van der Waals surface area contributed by atoms with E-state index in [0.717, 1.165) is 29.1 Å². The second kappa shape index (κ2) is 7.90. The van der Waals surface area contributed by atoms with Crippen molar-refractivity contribution in [2.45, 2.75) is 26.9 Å². The van der Waals surface area contributed by atoms with Gasteiger partial charge in [-0.15, -0.1) is 0 Å². The minimum absolute atomic E-state index is 0.492. The molecule has 0 aliphatic carbocycles. The van der Waals surface area contributed by atoms with Crippen LogP contribution in [0, 0.1) is 11.7 Å². The van der Waals surface area contributed by atoms with E-state index >= 15 is 0 Å². The van der Waals surface area contributed by atoms with Gasteiger partial charge in [0.05, 0.1) is 6.21 Å². The third-order valence-electron chi connectivity index (χ3n) is 3.72. The number of ether oxygens (including phenoxy) is 1. The number of nitrogens with zero attached hydrogens (tertiary/aromatic N) is 3. The third kappa shape index (κ3) is 4.42. The number of aromatic amines is 1. The first-order valence-corrected chi connectivity index (χ1v) is 8.55. The number of rotatable bonds is 6. The molecule has 0 fully saturated rings. The van der Waals surface area contributed by atoms with Gasteiger partial charge in [0.1, 0.15) is 12.4 Å². The molecule has 3 rings (SSSR count). The summed E-state index contributed by atoms with van der Waals surface area (Å²) in [5.74, 6) is 1.63. The van der Waals surface area contributed by atoms with E-state index in [9.17, 15) is 0 Å². The van der Waals surface area contributed by atoms with Gasteiger partial charge in [-0.3, -0.25) is 5.10 Å². The molecule has 6 heteroatoms. The van der Waals surface area contributed by atoms with E-state index < -0.39 is 0 Å². The van der Waals surface area contributed by atoms with Crippen LogP contribution in [-0.2, 0) is 13.0 Å². The molecule has 2 aromatic carbocycles. The Hall–Kier alpha value is -2.73. The first-order chi connectivity index (χ1) is 12.2. The predicted molar refractivity (Wildman–Crippen MR) is 102 cm³/mol. The molecule has 0 bridgehead atoms. The van der Waals surface area contributed by atoms with Crippen molar-refractivity contribution in [2.24, 2.45) is 5.10 Å². The van der Waals surface area contributed by atoms with Crippen LogP contribution in [0.2, 0.25) is 0 Å². The van der Waals surface area contributed by atoms with Crippen LogP contribution in [0.1, 0.15) is 29.4 Å². The van der Waals surface area contributed by atoms with Crippen molar-refractivity contribution in [1.29, 1.82) is 0 Å². The van der Waals surface area contributed by atoms with E-state index in [0.29, 0.717) is 11.4 Å². The summed E-state index contributed by atoms with van der Waals surface area (Å²) in [6.45, 7) is 4.64. The van der Waals surface area contributed by atoms with Crippen LogP contribution >= 0.6 is 12.2 Å². The van der Waals surface area contributed by atoms with Gasteiger partial charge in [-0.05, 0) is 54.5 Å². The van der Waals surface area contributed by atoms with Gasteiger partial charge in [0.2, 0.25) is 4.77 Å². The minimum Gasteiger partial charge on any atom is -0.489 e. The molecule has 0 atom stereocenters. The lowest BCUT2D eigenvalue weighted by atomic mass is 10.1. The highest BCUT2D eigenvalue weighted by Gasteiger charge is 2.01. The van der Waals surface area contributed by atoms with E-state index in [1.165, 1.54) is 5.56 Å². The molecule has 25 heavy (non-hydrogen) atoms. The van der Waals surface area contributed by atoms with Crippen molar-refractivity contribution in [3.63, 3.8) is 0 Å². The molecule has 1 aromatic heterocycles. The lowest BCUT2D eigenvalue weighted by molar-refractivity contribution is 0.306. The zero-order valence-electron chi connectivity index (χ0n) is 14.3. The molecule has 0 aliphatic rings. The van der Waals surface area contributed by atoms with Gasteiger partial charge in [-0.25, -0.2) is 0 Å². The van der Waals surface area contributed by atoms with Crippen LogP contribution in [0.3, 0.4) is 0 Å². The standard InChI is InChI=1S/C19H20N4OS/c1-3-18-21-22-19(25)23(18)20-12-15-7-9-17(10-8-15)24-13-16-6-4-5-14(2)11-16/h4-12H,3,13H2,1-2H3,(H,22,25)/b20-12+. The minimum atomic E-state index is 0.492. The van der Waals surface area contributed by atoms with Crippen molar-refractivity contribution in [1.82, 2.24) is 14.9 Å². The molecule has 0 aliphatic heterocycles. The Morgan fingerprint density at radius 1 is 1.24 bits per heavy atom. The number of H-pyrrole nitrogens is 1. The highest BCUT2D eigenvalue weighted by atomic mass is 32.1. The maximum Gasteiger partial charge on any atom is 0.216 e. The molecule has 0 unspecified atom stereocenters. The number of nitrogens with one attached hydrogen (secondary N) is 1. The van der Waals surface area contributed by atoms with Gasteiger partial charge in [0.15, 0.2) is 5.82 Å². The lowest BCUT2D eigenvalue weighted by Gasteiger charge is -2.07. The van der Waals surface area contributed by atoms with Crippen molar-refractivity contribution in [2.75, 3.05) is 0 Å². The van der Waals surface area contributed by atoms with Crippen LogP contribution in [-0.4, -0.2) is 21.1 Å². The summed E-state index contributed by atoms with van der Waals surface area (Å²) < 4.78 is 7.95. The predicted octanol–water partition coefficient (Wildman–Crippen LogP) is 4.27. The maximum atomic E-state index is 5.83. The zero-order chi connectivity index (χ0) is 17.6. The van der Waals surface area contributed by atoms with Crippen molar-refractivity contribution < 1.29 is 4.74 Å². The van der Waals surface area contributed by atoms with Gasteiger partial charge in [0.25, 0.3) is 0 Å². The molecule has 0 amide bonds. The fourth-order valence-electron chi connectivity index (χ4n) is 2.42. The molecule has 0 saturated carbocycles. The molecular weight excluding hydrogens is 332 g/mol. The molecule has 1 heterocycles. The monoisotopic (exact) mass is 352 g/mol. The van der Waals surface area contributed by atoms with E-state index in [4.69, 9.17) is 17.0 Å². The van der Waals surface area contributed by atoms with Crippen molar-refractivity contribution in [3.8, 4) is 5.75 Å². The Bertz CT molecular complexity index is 925. The van der Waals surface area contributed by atoms with E-state index in [2.05, 4.69) is 40.4 Å². The number of benzene rings is 2. The van der Waals surface area contributed by atoms with Crippen LogP contribution in [0.4, 0.5) is 0 Å². The maximum absolute atomic E-state index is 5.83. The number of hydrogen-bond donors (Lipinski definition) is 1. The van der Waals surface area contributed by atoms with E-state index in [1.807, 2.05) is 37.3 Å². The summed E-state index contributed by atoms with van der Waals surface area (Å²) in [6, 6.07) is 16.1. The van der Waals surface area contributed by atoms with Gasteiger partial charge in [-0.2, -0.15) is 14.9 Å². The van der Waals surface area contributed by atoms with Crippen LogP contribution in [0.5, 0.6) is 5.75 Å². The van der Waals surface area contributed by atoms with Crippen molar-refractivity contribution >= 4 is 18.4 Å². The average Bonchev–Trinajstić information content (AvgIpc) is 2.99. The lowest BCUT2D eigenvalue weighted by Crippen LogP contribution is -1.98. The fourth-order valence-corrected chi connectivity index (χ4v) is 2.61. The highest BCUT2D eigenvalue weighted by Crippen LogP contribution is 2.14. The third-order valence-corrected chi connectivity index (χ3v) is 3.99. The normalized spacial score (nSPS) is 11.1. The Labute approximate surface area is 152 Å². The Kier molecular flexibility index (Phi) is 5.40. The number of aryl methyl sites for hydroxylation is 2. The first kappa shape index (κ1) is 17.1. The first-order valence-electron chi connectivity index (χ1n) is 8.15. The second-order valence-electron chi connectivity index (χ2n) is 5.70. The summed E-state index contributed by atoms with van der Waals surface area (Å²) >= 11 is 5.18. The quantitative estimate of drug-likeness (QED) is 0.532. The molecular formula is C19H20N4OS. The van der Waals surface area contributed by atoms with Gasteiger partial charge >= 0.3 is 0 Å². The van der Waals surface area contributed by atoms with Gasteiger partial charge in [0, 0.05) is 6.42 Å². The summed E-state index contributed by atoms with van der Waals surface area (Å²) in [7, 11) is 0. The van der Waals surface area contributed by atoms with Gasteiger partial charge in [-0.1, -0.05) is 36.8 Å². The summed E-state index contributed by atoms with van der Waals surface area (Å²) in [5.41, 5.74) is 3.36. The van der Waals surface area contributed by atoms with Crippen LogP contribution in [0.25, 0.3) is 0 Å². The second-order valence-corrected chi connectivity index (χ2v) is 6.09. The smallest absolute Gasteiger partial charge is 0.216 e. The van der Waals surface area contributed by atoms with Crippen LogP contribution < -0.4 is 4.74 Å². The molecule has 0 radical (unpaired) electrons. The largest absolute Gasteiger partial charge is 0.489 e. The van der Waals surface area contributed by atoms with Crippen LogP contribution in [0.15, 0.2) is 53.6 Å². The fraction of sp³-hybridized carbons (Fsp3) is 0.211. The topological polar surface area (TPSA) is 55.2 Å². The Balaban J connectivity index is 1.65. The molecule has 1 N–H and O–H groups in total. The Morgan fingerprint density at radius 2 is 2.04 bits per heavy atom. The number of aromatic nitrogens is 3. The van der Waals surface area contributed by atoms with E-state index in [-0.39, 0.29) is 0 Å². The summed E-state index contributed by atoms with van der Waals surface area (Å²) in [6.07, 6.45) is 2.52. The average molecular weight is 352 g/mol. The number of hydrogen-bond acceptors (Lipinski definition) is 4. The molecule has 0 spiro atoms. The molecule has 0 saturated heterocycles. The zero-order valence-corrected chi connectivity index (χ0v) is 15.1. The van der Waals surface area contributed by atoms with Crippen molar-refractivity contribution in [3.05, 3.63) is 75.8 Å². The molecule has 5 nitrogen and oxygen atoms in total. The Morgan fingerprint density at radius 3 is 2.76 bits per heavy atom. The molecule has 3 aromatic rings. The summed E-state index contributed by atoms with van der Waals surface area (Å²) in [5, 5.41) is 11.3. The van der Waals surface area contributed by atoms with E-state index in [1.54, 1.807) is 10.9 Å². The van der Waals surface area contributed by atoms with Gasteiger partial charge < -0.3 is 4.74 Å². The SMILES string of the molecule is CCc1n[nH]c(=S)n1/N=C/c1ccc(OCc2cccc(C)c2)cc1. The summed E-state index contributed by atoms with van der Waals surface area (Å²) in [4.78, 5) is 0. The molecule has 128 valence electrons.